The van der Waals surface area contributed by atoms with Crippen LogP contribution in [0, 0.1) is 0 Å². The summed E-state index contributed by atoms with van der Waals surface area (Å²) in [5.41, 5.74) is 0. The van der Waals surface area contributed by atoms with Crippen molar-refractivity contribution in [1.82, 2.24) is 9.55 Å². The van der Waals surface area contributed by atoms with E-state index >= 15 is 0 Å². The highest BCUT2D eigenvalue weighted by Gasteiger charge is 2.87. The topological polar surface area (TPSA) is 44.1 Å². The van der Waals surface area contributed by atoms with Crippen molar-refractivity contribution in [3.8, 4) is 0 Å². The number of imidazole rings is 1. The Hall–Kier alpha value is -2.16. The summed E-state index contributed by atoms with van der Waals surface area (Å²) in [5.74, 6) is -36.0. The summed E-state index contributed by atoms with van der Waals surface area (Å²) >= 11 is 0. The maximum Gasteiger partial charge on any atom is 0.419 e. The van der Waals surface area contributed by atoms with Crippen molar-refractivity contribution < 1.29 is 62.2 Å². The summed E-state index contributed by atoms with van der Waals surface area (Å²) in [7, 11) is 0. The van der Waals surface area contributed by atoms with E-state index in [-0.39, 0.29) is 4.57 Å². The van der Waals surface area contributed by atoms with Gasteiger partial charge < -0.3 is 4.74 Å². The molecule has 0 saturated carbocycles. The number of rotatable bonds is 7. The normalized spacial score (nSPS) is 14.6. The fraction of sp³-hybridized carbons (Fsp3) is 0.636. The molecule has 0 radical (unpaired) electrons. The van der Waals surface area contributed by atoms with Crippen molar-refractivity contribution in [2.24, 2.45) is 0 Å². The van der Waals surface area contributed by atoms with Gasteiger partial charge in [-0.2, -0.15) is 43.9 Å². The molecule has 0 spiro atoms. The zero-order valence-electron chi connectivity index (χ0n) is 12.3. The molecule has 0 aliphatic rings. The van der Waals surface area contributed by atoms with E-state index in [1.807, 2.05) is 0 Å². The number of hydrogen-bond acceptors (Lipinski definition) is 3. The highest BCUT2D eigenvalue weighted by atomic mass is 19.4. The molecule has 0 aromatic carbocycles. The van der Waals surface area contributed by atoms with Gasteiger partial charge in [-0.25, -0.2) is 23.1 Å². The molecule has 0 bridgehead atoms. The molecular weight excluding hydrogens is 420 g/mol. The third kappa shape index (κ3) is 3.52. The number of halogens is 12. The van der Waals surface area contributed by atoms with E-state index in [2.05, 4.69) is 9.72 Å². The number of carbonyl (C=O) groups excluding carboxylic acids is 1. The van der Waals surface area contributed by atoms with Crippen LogP contribution in [-0.4, -0.2) is 58.3 Å². The quantitative estimate of drug-likeness (QED) is 0.611. The third-order valence-corrected chi connectivity index (χ3v) is 3.03. The van der Waals surface area contributed by atoms with Gasteiger partial charge in [-0.05, 0) is 0 Å². The van der Waals surface area contributed by atoms with Crippen LogP contribution in [0.3, 0.4) is 0 Å². The number of carbonyl (C=O) groups is 1. The molecule has 0 amide bonds. The summed E-state index contributed by atoms with van der Waals surface area (Å²) in [4.78, 5) is 14.3. The number of alkyl halides is 12. The van der Waals surface area contributed by atoms with E-state index in [1.165, 1.54) is 0 Å². The first kappa shape index (κ1) is 22.9. The summed E-state index contributed by atoms with van der Waals surface area (Å²) in [6.45, 7) is -2.97. The molecule has 156 valence electrons. The first-order valence-electron chi connectivity index (χ1n) is 6.26. The first-order valence-corrected chi connectivity index (χ1v) is 6.26. The molecular formula is C11H6F12N2O2. The van der Waals surface area contributed by atoms with Crippen LogP contribution in [-0.2, 0) is 4.74 Å². The molecule has 0 aliphatic carbocycles. The van der Waals surface area contributed by atoms with Gasteiger partial charge in [-0.3, -0.25) is 0 Å². The lowest BCUT2D eigenvalue weighted by Crippen LogP contribution is -2.69. The van der Waals surface area contributed by atoms with Crippen molar-refractivity contribution in [3.63, 3.8) is 0 Å². The van der Waals surface area contributed by atoms with Crippen LogP contribution in [0.15, 0.2) is 18.7 Å². The van der Waals surface area contributed by atoms with Gasteiger partial charge >= 0.3 is 42.1 Å². The predicted molar refractivity (Wildman–Crippen MR) is 59.7 cm³/mol. The fourth-order valence-corrected chi connectivity index (χ4v) is 1.46. The summed E-state index contributed by atoms with van der Waals surface area (Å²) < 4.78 is 158. The SMILES string of the molecule is O=C(OCC(F)(F)C(F)(F)C(F)(F)C(F)(F)C(F)(F)C(F)F)n1ccnc1. The lowest BCUT2D eigenvalue weighted by Gasteiger charge is -2.38. The van der Waals surface area contributed by atoms with Gasteiger partial charge in [0.2, 0.25) is 0 Å². The number of nitrogens with zero attached hydrogens (tertiary/aromatic N) is 2. The molecule has 0 aliphatic heterocycles. The number of aromatic nitrogens is 2. The van der Waals surface area contributed by atoms with E-state index in [9.17, 15) is 57.5 Å². The standard InChI is InChI=1S/C11H6F12N2O2/c12-5(13)8(16,17)10(20,21)11(22,23)9(18,19)7(14,15)3-27-6(26)25-2-1-24-4-25/h1-2,4-5H,3H2. The number of ether oxygens (including phenoxy) is 1. The Labute approximate surface area is 140 Å². The Bertz CT molecular complexity index is 658. The second-order valence-corrected chi connectivity index (χ2v) is 4.88. The molecule has 0 unspecified atom stereocenters. The van der Waals surface area contributed by atoms with Crippen molar-refractivity contribution in [2.75, 3.05) is 6.61 Å². The van der Waals surface area contributed by atoms with Crippen LogP contribution in [0.2, 0.25) is 0 Å². The predicted octanol–water partition coefficient (Wildman–Crippen LogP) is 4.31. The van der Waals surface area contributed by atoms with Gasteiger partial charge in [0, 0.05) is 12.4 Å². The zero-order valence-corrected chi connectivity index (χ0v) is 12.3. The van der Waals surface area contributed by atoms with Gasteiger partial charge in [0.15, 0.2) is 6.61 Å². The molecule has 0 fully saturated rings. The highest BCUT2D eigenvalue weighted by molar-refractivity contribution is 5.70. The van der Waals surface area contributed by atoms with Gasteiger partial charge in [-0.1, -0.05) is 0 Å². The van der Waals surface area contributed by atoms with E-state index < -0.39 is 48.7 Å². The average molecular weight is 426 g/mol. The smallest absolute Gasteiger partial charge is 0.419 e. The second-order valence-electron chi connectivity index (χ2n) is 4.88. The second kappa shape index (κ2) is 6.78. The number of hydrogen-bond donors (Lipinski definition) is 0. The third-order valence-electron chi connectivity index (χ3n) is 3.03. The van der Waals surface area contributed by atoms with Gasteiger partial charge in [-0.15, -0.1) is 0 Å². The monoisotopic (exact) mass is 426 g/mol. The lowest BCUT2D eigenvalue weighted by molar-refractivity contribution is -0.414. The molecule has 1 heterocycles. The maximum atomic E-state index is 13.3. The molecule has 0 saturated heterocycles. The Morgan fingerprint density at radius 1 is 0.926 bits per heavy atom. The van der Waals surface area contributed by atoms with Gasteiger partial charge in [0.25, 0.3) is 0 Å². The summed E-state index contributed by atoms with van der Waals surface area (Å²) in [5, 5.41) is 0. The molecule has 1 aromatic rings. The Morgan fingerprint density at radius 3 is 1.85 bits per heavy atom. The molecule has 0 N–H and O–H groups in total. The molecule has 1 rings (SSSR count). The minimum absolute atomic E-state index is 0.242. The van der Waals surface area contributed by atoms with Crippen molar-refractivity contribution in [3.05, 3.63) is 18.7 Å². The van der Waals surface area contributed by atoms with Crippen LogP contribution < -0.4 is 0 Å². The zero-order chi connectivity index (χ0) is 21.5. The minimum Gasteiger partial charge on any atom is -0.442 e. The van der Waals surface area contributed by atoms with Crippen molar-refractivity contribution in [1.29, 1.82) is 0 Å². The van der Waals surface area contributed by atoms with Crippen molar-refractivity contribution in [2.45, 2.75) is 36.0 Å². The van der Waals surface area contributed by atoms with Crippen LogP contribution >= 0.6 is 0 Å². The molecule has 16 heteroatoms. The molecule has 27 heavy (non-hydrogen) atoms. The lowest BCUT2D eigenvalue weighted by atomic mass is 9.94. The molecule has 4 nitrogen and oxygen atoms in total. The fourth-order valence-electron chi connectivity index (χ4n) is 1.46. The average Bonchev–Trinajstić information content (AvgIpc) is 3.06. The van der Waals surface area contributed by atoms with E-state index in [4.69, 9.17) is 0 Å². The highest BCUT2D eigenvalue weighted by Crippen LogP contribution is 2.58. The van der Waals surface area contributed by atoms with Crippen LogP contribution in [0.25, 0.3) is 0 Å². The van der Waals surface area contributed by atoms with Crippen LogP contribution in [0.4, 0.5) is 57.5 Å². The molecule has 1 aromatic heterocycles. The summed E-state index contributed by atoms with van der Waals surface area (Å²) in [6.07, 6.45) is -5.29. The van der Waals surface area contributed by atoms with E-state index in [1.54, 1.807) is 0 Å². The Kier molecular flexibility index (Phi) is 5.74. The van der Waals surface area contributed by atoms with E-state index in [0.717, 1.165) is 12.4 Å². The Balaban J connectivity index is 3.14. The van der Waals surface area contributed by atoms with Gasteiger partial charge in [0.1, 0.15) is 6.33 Å². The largest absolute Gasteiger partial charge is 0.442 e. The maximum absolute atomic E-state index is 13.3. The minimum atomic E-state index is -7.66. The molecule has 0 atom stereocenters. The van der Waals surface area contributed by atoms with Crippen LogP contribution in [0.5, 0.6) is 0 Å². The first-order chi connectivity index (χ1) is 11.9. The van der Waals surface area contributed by atoms with Crippen LogP contribution in [0.1, 0.15) is 0 Å². The Morgan fingerprint density at radius 2 is 1.44 bits per heavy atom. The van der Waals surface area contributed by atoms with Gasteiger partial charge in [0.05, 0.1) is 0 Å². The van der Waals surface area contributed by atoms with Crippen molar-refractivity contribution >= 4 is 6.09 Å². The summed E-state index contributed by atoms with van der Waals surface area (Å²) in [6, 6.07) is 0. The van der Waals surface area contributed by atoms with E-state index in [0.29, 0.717) is 6.33 Å².